The average Bonchev–Trinajstić information content (AvgIpc) is 2.32. The van der Waals surface area contributed by atoms with Crippen LogP contribution >= 0.6 is 0 Å². The minimum absolute atomic E-state index is 0.0780. The van der Waals surface area contributed by atoms with Gasteiger partial charge in [-0.3, -0.25) is 4.79 Å². The van der Waals surface area contributed by atoms with Crippen LogP contribution in [0.2, 0.25) is 0 Å². The predicted molar refractivity (Wildman–Crippen MR) is 60.4 cm³/mol. The number of aromatic nitrogens is 2. The van der Waals surface area contributed by atoms with Gasteiger partial charge in [0.25, 0.3) is 5.56 Å². The van der Waals surface area contributed by atoms with Gasteiger partial charge in [0.05, 0.1) is 19.0 Å². The number of anilines is 2. The van der Waals surface area contributed by atoms with E-state index in [1.54, 1.807) is 0 Å². The van der Waals surface area contributed by atoms with Crippen LogP contribution in [-0.2, 0) is 4.74 Å². The molecular formula is C9H15N5O2. The number of hydrogen-bond acceptors (Lipinski definition) is 6. The largest absolute Gasteiger partial charge is 0.391 e. The van der Waals surface area contributed by atoms with Crippen molar-refractivity contribution < 1.29 is 4.74 Å². The Morgan fingerprint density at radius 1 is 1.69 bits per heavy atom. The topological polar surface area (TPSA) is 105 Å². The van der Waals surface area contributed by atoms with Crippen LogP contribution in [0, 0.1) is 0 Å². The third kappa shape index (κ3) is 2.50. The first-order chi connectivity index (χ1) is 7.77. The van der Waals surface area contributed by atoms with E-state index in [-0.39, 0.29) is 17.4 Å². The van der Waals surface area contributed by atoms with E-state index >= 15 is 0 Å². The van der Waals surface area contributed by atoms with Crippen LogP contribution in [0.5, 0.6) is 0 Å². The summed E-state index contributed by atoms with van der Waals surface area (Å²) in [5, 5.41) is 6.21. The van der Waals surface area contributed by atoms with Crippen molar-refractivity contribution in [3.8, 4) is 0 Å². The van der Waals surface area contributed by atoms with Crippen molar-refractivity contribution in [1.29, 1.82) is 0 Å². The second-order valence-corrected chi connectivity index (χ2v) is 3.57. The molecule has 0 aliphatic carbocycles. The summed E-state index contributed by atoms with van der Waals surface area (Å²) in [6.45, 7) is 2.94. The van der Waals surface area contributed by atoms with Crippen LogP contribution in [0.25, 0.3) is 0 Å². The third-order valence-corrected chi connectivity index (χ3v) is 2.39. The second-order valence-electron chi connectivity index (χ2n) is 3.57. The van der Waals surface area contributed by atoms with Crippen molar-refractivity contribution in [3.05, 3.63) is 16.7 Å². The molecule has 0 amide bonds. The number of ether oxygens (including phenoxy) is 1. The summed E-state index contributed by atoms with van der Waals surface area (Å²) in [5.41, 5.74) is 5.34. The van der Waals surface area contributed by atoms with Crippen LogP contribution in [0.4, 0.5) is 11.5 Å². The minimum atomic E-state index is -0.333. The lowest BCUT2D eigenvalue weighted by atomic mass is 10.3. The van der Waals surface area contributed by atoms with Gasteiger partial charge >= 0.3 is 0 Å². The van der Waals surface area contributed by atoms with E-state index < -0.39 is 0 Å². The van der Waals surface area contributed by atoms with Gasteiger partial charge in [-0.15, -0.1) is 0 Å². The fourth-order valence-electron chi connectivity index (χ4n) is 1.51. The fourth-order valence-corrected chi connectivity index (χ4v) is 1.51. The molecule has 1 aliphatic rings. The third-order valence-electron chi connectivity index (χ3n) is 2.39. The number of nitrogens with one attached hydrogen (secondary N) is 3. The zero-order chi connectivity index (χ0) is 11.4. The van der Waals surface area contributed by atoms with E-state index in [1.165, 1.54) is 6.33 Å². The summed E-state index contributed by atoms with van der Waals surface area (Å²) in [5.74, 6) is 0.401. The summed E-state index contributed by atoms with van der Waals surface area (Å²) >= 11 is 0. The molecular weight excluding hydrogens is 210 g/mol. The number of aromatic amines is 1. The molecule has 1 unspecified atom stereocenters. The van der Waals surface area contributed by atoms with Crippen LogP contribution in [0.15, 0.2) is 11.1 Å². The van der Waals surface area contributed by atoms with Gasteiger partial charge in [-0.05, 0) is 0 Å². The molecule has 0 spiro atoms. The summed E-state index contributed by atoms with van der Waals surface area (Å²) in [4.78, 5) is 17.5. The standard InChI is InChI=1S/C9H15N5O2/c10-7-8(13-5-14-9(7)15)12-4-6-3-11-1-2-16-6/h5-6,11H,1-4,10H2,(H2,12,13,14,15). The molecule has 2 heterocycles. The highest BCUT2D eigenvalue weighted by molar-refractivity contribution is 5.58. The number of nitrogens with two attached hydrogens (primary N) is 1. The summed E-state index contributed by atoms with van der Waals surface area (Å²) in [6.07, 6.45) is 1.40. The number of rotatable bonds is 3. The molecule has 88 valence electrons. The van der Waals surface area contributed by atoms with Gasteiger partial charge in [-0.25, -0.2) is 4.98 Å². The normalized spacial score (nSPS) is 20.6. The maximum absolute atomic E-state index is 11.2. The van der Waals surface area contributed by atoms with Crippen molar-refractivity contribution >= 4 is 11.5 Å². The monoisotopic (exact) mass is 225 g/mol. The number of nitrogens with zero attached hydrogens (tertiary/aromatic N) is 1. The first-order valence-electron chi connectivity index (χ1n) is 5.16. The van der Waals surface area contributed by atoms with Crippen LogP contribution in [0.1, 0.15) is 0 Å². The van der Waals surface area contributed by atoms with Crippen LogP contribution in [-0.4, -0.2) is 42.3 Å². The molecule has 0 saturated carbocycles. The average molecular weight is 225 g/mol. The van der Waals surface area contributed by atoms with E-state index in [0.717, 1.165) is 13.1 Å². The van der Waals surface area contributed by atoms with E-state index in [2.05, 4.69) is 20.6 Å². The van der Waals surface area contributed by atoms with Gasteiger partial charge in [0.15, 0.2) is 5.82 Å². The Morgan fingerprint density at radius 2 is 2.56 bits per heavy atom. The molecule has 1 aromatic heterocycles. The molecule has 1 aliphatic heterocycles. The maximum Gasteiger partial charge on any atom is 0.276 e. The van der Waals surface area contributed by atoms with Gasteiger partial charge in [0, 0.05) is 19.6 Å². The highest BCUT2D eigenvalue weighted by Gasteiger charge is 2.13. The lowest BCUT2D eigenvalue weighted by Gasteiger charge is -2.24. The zero-order valence-electron chi connectivity index (χ0n) is 8.82. The lowest BCUT2D eigenvalue weighted by molar-refractivity contribution is 0.0372. The first kappa shape index (κ1) is 10.9. The number of morpholine rings is 1. The van der Waals surface area contributed by atoms with E-state index in [1.807, 2.05) is 0 Å². The van der Waals surface area contributed by atoms with E-state index in [4.69, 9.17) is 10.5 Å². The molecule has 1 atom stereocenters. The maximum atomic E-state index is 11.2. The smallest absolute Gasteiger partial charge is 0.276 e. The molecule has 7 heteroatoms. The predicted octanol–water partition coefficient (Wildman–Crippen LogP) is -1.25. The molecule has 16 heavy (non-hydrogen) atoms. The quantitative estimate of drug-likeness (QED) is 0.512. The van der Waals surface area contributed by atoms with Gasteiger partial charge < -0.3 is 26.1 Å². The van der Waals surface area contributed by atoms with Gasteiger partial charge in [0.1, 0.15) is 5.69 Å². The first-order valence-corrected chi connectivity index (χ1v) is 5.16. The van der Waals surface area contributed by atoms with E-state index in [0.29, 0.717) is 19.0 Å². The molecule has 0 radical (unpaired) electrons. The molecule has 1 fully saturated rings. The molecule has 7 nitrogen and oxygen atoms in total. The Balaban J connectivity index is 1.93. The Bertz CT molecular complexity index is 399. The number of H-pyrrole nitrogens is 1. The van der Waals surface area contributed by atoms with Crippen molar-refractivity contribution in [3.63, 3.8) is 0 Å². The van der Waals surface area contributed by atoms with Gasteiger partial charge in [-0.2, -0.15) is 0 Å². The minimum Gasteiger partial charge on any atom is -0.391 e. The molecule has 0 bridgehead atoms. The Morgan fingerprint density at radius 3 is 3.31 bits per heavy atom. The summed E-state index contributed by atoms with van der Waals surface area (Å²) in [6, 6.07) is 0. The van der Waals surface area contributed by atoms with Crippen molar-refractivity contribution in [2.24, 2.45) is 0 Å². The summed E-state index contributed by atoms with van der Waals surface area (Å²) < 4.78 is 5.49. The van der Waals surface area contributed by atoms with E-state index in [9.17, 15) is 4.79 Å². The number of hydrogen-bond donors (Lipinski definition) is 4. The Labute approximate surface area is 92.4 Å². The second kappa shape index (κ2) is 4.95. The van der Waals surface area contributed by atoms with Gasteiger partial charge in [0.2, 0.25) is 0 Å². The van der Waals surface area contributed by atoms with Crippen LogP contribution in [0.3, 0.4) is 0 Å². The van der Waals surface area contributed by atoms with Crippen molar-refractivity contribution in [2.75, 3.05) is 37.3 Å². The highest BCUT2D eigenvalue weighted by Crippen LogP contribution is 2.07. The Kier molecular flexibility index (Phi) is 3.37. The molecule has 1 aromatic rings. The SMILES string of the molecule is Nc1c(NCC2CNCCO2)nc[nH]c1=O. The number of nitrogen functional groups attached to an aromatic ring is 1. The zero-order valence-corrected chi connectivity index (χ0v) is 8.82. The fraction of sp³-hybridized carbons (Fsp3) is 0.556. The highest BCUT2D eigenvalue weighted by atomic mass is 16.5. The molecule has 5 N–H and O–H groups in total. The molecule has 1 saturated heterocycles. The molecule has 0 aromatic carbocycles. The molecule has 2 rings (SSSR count). The summed E-state index contributed by atoms with van der Waals surface area (Å²) in [7, 11) is 0. The van der Waals surface area contributed by atoms with Crippen LogP contribution < -0.4 is 21.9 Å². The Hall–Kier alpha value is -1.60. The van der Waals surface area contributed by atoms with Crippen molar-refractivity contribution in [1.82, 2.24) is 15.3 Å². The van der Waals surface area contributed by atoms with Gasteiger partial charge in [-0.1, -0.05) is 0 Å². The lowest BCUT2D eigenvalue weighted by Crippen LogP contribution is -2.42. The van der Waals surface area contributed by atoms with Crippen molar-refractivity contribution in [2.45, 2.75) is 6.10 Å².